The fraction of sp³-hybridized carbons (Fsp3) is 1.00. The van der Waals surface area contributed by atoms with E-state index in [1.165, 1.54) is 36.2 Å². The van der Waals surface area contributed by atoms with Gasteiger partial charge in [-0.2, -0.15) is 0 Å². The topological polar surface area (TPSA) is 0 Å². The quantitative estimate of drug-likeness (QED) is 0.488. The van der Waals surface area contributed by atoms with E-state index in [-0.39, 0.29) is 12.4 Å². The van der Waals surface area contributed by atoms with Gasteiger partial charge >= 0.3 is 65.3 Å². The Labute approximate surface area is 117 Å². The number of unbranched alkanes of at least 4 members (excludes halogenated alkanes) is 3. The molecule has 0 radical (unpaired) electrons. The zero-order chi connectivity index (χ0) is 12.1. The summed E-state index contributed by atoms with van der Waals surface area (Å²) in [7, 11) is 0. The van der Waals surface area contributed by atoms with Gasteiger partial charge in [0.05, 0.1) is 0 Å². The maximum Gasteiger partial charge on any atom is -0.0536 e. The molecule has 0 amide bonds. The molecule has 0 rings (SSSR count). The number of hydrogen-bond donors (Lipinski definition) is 0. The third-order valence-corrected chi connectivity index (χ3v) is 4.79. The van der Waals surface area contributed by atoms with Crippen LogP contribution in [0.25, 0.3) is 0 Å². The van der Waals surface area contributed by atoms with Crippen molar-refractivity contribution in [3.63, 3.8) is 0 Å². The first-order valence-corrected chi connectivity index (χ1v) is 8.49. The molecule has 0 aliphatic carbocycles. The molecule has 0 N–H and O–H groups in total. The van der Waals surface area contributed by atoms with Crippen LogP contribution in [0.2, 0.25) is 10.6 Å². The molecule has 0 fully saturated rings. The van der Waals surface area contributed by atoms with E-state index in [9.17, 15) is 0 Å². The second kappa shape index (κ2) is 18.2. The average Bonchev–Trinajstić information content (AvgIpc) is 2.14. The van der Waals surface area contributed by atoms with E-state index in [1.54, 1.807) is 0 Å². The van der Waals surface area contributed by atoms with Crippen LogP contribution >= 0.6 is 0 Å². The molecule has 0 aromatic carbocycles. The zero-order valence-corrected chi connectivity index (χ0v) is 14.3. The van der Waals surface area contributed by atoms with Crippen molar-refractivity contribution < 1.29 is 12.4 Å². The molecule has 98 valence electrons. The first-order chi connectivity index (χ1) is 7.04. The van der Waals surface area contributed by atoms with Crippen molar-refractivity contribution in [1.82, 2.24) is 0 Å². The van der Waals surface area contributed by atoms with Crippen molar-refractivity contribution in [3.8, 4) is 0 Å². The van der Waals surface area contributed by atoms with Gasteiger partial charge < -0.3 is 12.4 Å². The summed E-state index contributed by atoms with van der Waals surface area (Å²) in [5.41, 5.74) is 0. The van der Waals surface area contributed by atoms with E-state index in [0.29, 0.717) is 0 Å². The molecule has 0 bridgehead atoms. The Morgan fingerprint density at radius 2 is 1.06 bits per heavy atom. The summed E-state index contributed by atoms with van der Waals surface area (Å²) in [6, 6.07) is 0. The minimum atomic E-state index is 0. The molecule has 0 aliphatic heterocycles. The van der Waals surface area contributed by atoms with E-state index in [0.717, 1.165) is 27.1 Å². The van der Waals surface area contributed by atoms with Crippen LogP contribution in [0, 0.1) is 11.8 Å². The first kappa shape index (κ1) is 22.0. The minimum absolute atomic E-state index is 0. The molecule has 0 atom stereocenters. The van der Waals surface area contributed by atoms with Gasteiger partial charge in [-0.05, 0) is 0 Å². The van der Waals surface area contributed by atoms with E-state index in [1.807, 2.05) is 0 Å². The molecular formula is C14H32AlCl. The van der Waals surface area contributed by atoms with Gasteiger partial charge in [0.1, 0.15) is 0 Å². The summed E-state index contributed by atoms with van der Waals surface area (Å²) in [6.07, 6.45) is 5.54. The van der Waals surface area contributed by atoms with Gasteiger partial charge in [-0.25, -0.2) is 0 Å². The smallest absolute Gasteiger partial charge is 0.0536 e. The first-order valence-electron chi connectivity index (χ1n) is 6.86. The molecular weight excluding hydrogens is 231 g/mol. The van der Waals surface area contributed by atoms with Crippen molar-refractivity contribution in [3.05, 3.63) is 0 Å². The Morgan fingerprint density at radius 1 is 0.750 bits per heavy atom. The van der Waals surface area contributed by atoms with Crippen molar-refractivity contribution in [1.29, 1.82) is 0 Å². The zero-order valence-electron chi connectivity index (χ0n) is 12.4. The minimum Gasteiger partial charge on any atom is -1.00 e. The molecule has 16 heavy (non-hydrogen) atoms. The van der Waals surface area contributed by atoms with Crippen molar-refractivity contribution in [2.75, 3.05) is 0 Å². The molecule has 0 unspecified atom stereocenters. The summed E-state index contributed by atoms with van der Waals surface area (Å²) >= 11 is 0.755. The summed E-state index contributed by atoms with van der Waals surface area (Å²) in [5, 5.41) is 2.97. The fourth-order valence-corrected chi connectivity index (χ4v) is 2.79. The Balaban J connectivity index is -0.000000214. The van der Waals surface area contributed by atoms with Crippen molar-refractivity contribution >= 4 is 15.2 Å². The van der Waals surface area contributed by atoms with Gasteiger partial charge in [0.15, 0.2) is 0 Å². The van der Waals surface area contributed by atoms with Crippen molar-refractivity contribution in [2.45, 2.75) is 77.8 Å². The van der Waals surface area contributed by atoms with E-state index in [4.69, 9.17) is 0 Å². The van der Waals surface area contributed by atoms with Crippen LogP contribution in [-0.2, 0) is 0 Å². The Hall–Kier alpha value is 0.822. The van der Waals surface area contributed by atoms with Crippen LogP contribution in [0.15, 0.2) is 0 Å². The largest absolute Gasteiger partial charge is 1.00 e. The fourth-order valence-electron chi connectivity index (χ4n) is 1.26. The summed E-state index contributed by atoms with van der Waals surface area (Å²) in [5.74, 6) is 1.86. The predicted octanol–water partition coefficient (Wildman–Crippen LogP) is 2.43. The molecule has 0 aromatic rings. The Morgan fingerprint density at radius 3 is 1.25 bits per heavy atom. The van der Waals surface area contributed by atoms with Gasteiger partial charge in [-0.1, -0.05) is 39.5 Å². The molecule has 0 aliphatic rings. The van der Waals surface area contributed by atoms with Gasteiger partial charge in [0.25, 0.3) is 0 Å². The average molecular weight is 263 g/mol. The maximum atomic E-state index is 2.31. The number of halogens is 1. The molecule has 0 aromatic heterocycles. The summed E-state index contributed by atoms with van der Waals surface area (Å²) in [4.78, 5) is 0. The van der Waals surface area contributed by atoms with E-state index in [2.05, 4.69) is 41.5 Å². The van der Waals surface area contributed by atoms with E-state index >= 15 is 0 Å². The van der Waals surface area contributed by atoms with Crippen LogP contribution in [0.1, 0.15) is 67.2 Å². The van der Waals surface area contributed by atoms with E-state index < -0.39 is 0 Å². The van der Waals surface area contributed by atoms with Gasteiger partial charge in [0, 0.05) is 0 Å². The predicted molar refractivity (Wildman–Crippen MR) is 74.9 cm³/mol. The SMILES string of the molecule is CC(C)[CH2][Al+][CH2]C(C)C.CCCCCC.[Cl-]. The second-order valence-electron chi connectivity index (χ2n) is 5.25. The van der Waals surface area contributed by atoms with Crippen LogP contribution in [0.4, 0.5) is 0 Å². The van der Waals surface area contributed by atoms with Crippen LogP contribution in [0.5, 0.6) is 0 Å². The molecule has 0 saturated carbocycles. The van der Waals surface area contributed by atoms with Gasteiger partial charge in [-0.3, -0.25) is 0 Å². The third kappa shape index (κ3) is 29.4. The van der Waals surface area contributed by atoms with Crippen molar-refractivity contribution in [2.24, 2.45) is 11.8 Å². The molecule has 0 spiro atoms. The Bertz CT molecular complexity index is 90.9. The second-order valence-corrected chi connectivity index (χ2v) is 6.78. The van der Waals surface area contributed by atoms with Crippen LogP contribution < -0.4 is 12.4 Å². The van der Waals surface area contributed by atoms with Gasteiger partial charge in [-0.15, -0.1) is 0 Å². The third-order valence-electron chi connectivity index (χ3n) is 2.23. The normalized spacial score (nSPS) is 9.25. The molecule has 0 heterocycles. The number of rotatable bonds is 7. The Kier molecular flexibility index (Phi) is 25.1. The number of hydrogen-bond acceptors (Lipinski definition) is 0. The molecule has 0 nitrogen and oxygen atoms in total. The maximum absolute atomic E-state index is 2.31. The summed E-state index contributed by atoms with van der Waals surface area (Å²) < 4.78 is 0. The van der Waals surface area contributed by atoms with Crippen LogP contribution in [0.3, 0.4) is 0 Å². The van der Waals surface area contributed by atoms with Crippen LogP contribution in [-0.4, -0.2) is 15.2 Å². The molecule has 2 heteroatoms. The monoisotopic (exact) mass is 262 g/mol. The van der Waals surface area contributed by atoms with Gasteiger partial charge in [0.2, 0.25) is 0 Å². The summed E-state index contributed by atoms with van der Waals surface area (Å²) in [6.45, 7) is 13.7. The molecule has 0 saturated heterocycles. The standard InChI is InChI=1S/C6H14.2C4H9.Al.ClH/c1-3-5-6-4-2;2*1-4(2)3;;/h3-6H2,1-2H3;2*4H,1H2,2-3H3;;1H/q;;;+1;/p-1.